The van der Waals surface area contributed by atoms with Gasteiger partial charge in [0.1, 0.15) is 0 Å². The largest absolute Gasteiger partial charge is 0.504 e. The van der Waals surface area contributed by atoms with Crippen molar-refractivity contribution in [3.8, 4) is 11.5 Å². The summed E-state index contributed by atoms with van der Waals surface area (Å²) in [5.74, 6) is 0.430. The van der Waals surface area contributed by atoms with Crippen molar-refractivity contribution >= 4 is 5.91 Å². The highest BCUT2D eigenvalue weighted by Crippen LogP contribution is 2.26. The van der Waals surface area contributed by atoms with Crippen LogP contribution in [0.25, 0.3) is 0 Å². The normalized spacial score (nSPS) is 9.73. The third-order valence-electron chi connectivity index (χ3n) is 1.98. The zero-order valence-corrected chi connectivity index (χ0v) is 8.91. The van der Waals surface area contributed by atoms with Gasteiger partial charge < -0.3 is 15.2 Å². The molecule has 0 unspecified atom stereocenters. The minimum Gasteiger partial charge on any atom is -0.504 e. The quantitative estimate of drug-likeness (QED) is 0.780. The lowest BCUT2D eigenvalue weighted by atomic mass is 10.1. The Labute approximate surface area is 88.9 Å². The van der Waals surface area contributed by atoms with Crippen LogP contribution < -0.4 is 10.1 Å². The fraction of sp³-hybridized carbons (Fsp3) is 0.364. The first-order chi connectivity index (χ1) is 7.17. The van der Waals surface area contributed by atoms with Crippen molar-refractivity contribution in [1.82, 2.24) is 5.32 Å². The summed E-state index contributed by atoms with van der Waals surface area (Å²) in [6, 6.07) is 4.88. The number of phenolic OH excluding ortho intramolecular Hbond substituents is 1. The van der Waals surface area contributed by atoms with Gasteiger partial charge in [-0.05, 0) is 24.6 Å². The molecular formula is C11H15NO3. The van der Waals surface area contributed by atoms with Gasteiger partial charge in [-0.3, -0.25) is 4.79 Å². The van der Waals surface area contributed by atoms with Gasteiger partial charge in [-0.25, -0.2) is 0 Å². The van der Waals surface area contributed by atoms with Crippen LogP contribution in [0.3, 0.4) is 0 Å². The van der Waals surface area contributed by atoms with Gasteiger partial charge in [-0.2, -0.15) is 0 Å². The Morgan fingerprint density at radius 1 is 1.53 bits per heavy atom. The molecule has 0 atom stereocenters. The molecular weight excluding hydrogens is 194 g/mol. The Balaban J connectivity index is 2.74. The minimum absolute atomic E-state index is 0.0368. The van der Waals surface area contributed by atoms with E-state index in [-0.39, 0.29) is 11.7 Å². The van der Waals surface area contributed by atoms with Gasteiger partial charge in [-0.1, -0.05) is 6.07 Å². The molecule has 1 aromatic carbocycles. The van der Waals surface area contributed by atoms with Crippen molar-refractivity contribution < 1.29 is 14.6 Å². The van der Waals surface area contributed by atoms with Crippen molar-refractivity contribution in [1.29, 1.82) is 0 Å². The van der Waals surface area contributed by atoms with Gasteiger partial charge in [0.25, 0.3) is 0 Å². The molecule has 82 valence electrons. The number of aromatic hydroxyl groups is 1. The molecule has 1 rings (SSSR count). The summed E-state index contributed by atoms with van der Waals surface area (Å²) in [6.45, 7) is 2.49. The Kier molecular flexibility index (Phi) is 3.97. The zero-order valence-electron chi connectivity index (χ0n) is 8.91. The van der Waals surface area contributed by atoms with Crippen molar-refractivity contribution in [2.75, 3.05) is 13.7 Å². The molecule has 1 aromatic rings. The molecule has 0 spiro atoms. The van der Waals surface area contributed by atoms with Gasteiger partial charge in [0.2, 0.25) is 5.91 Å². The van der Waals surface area contributed by atoms with E-state index >= 15 is 0 Å². The topological polar surface area (TPSA) is 58.6 Å². The summed E-state index contributed by atoms with van der Waals surface area (Å²) in [6.07, 6.45) is 0.296. The van der Waals surface area contributed by atoms with Crippen molar-refractivity contribution in [3.05, 3.63) is 23.8 Å². The number of hydrogen-bond donors (Lipinski definition) is 2. The van der Waals surface area contributed by atoms with Gasteiger partial charge in [0.05, 0.1) is 13.5 Å². The summed E-state index contributed by atoms with van der Waals surface area (Å²) in [5, 5.41) is 12.1. The average Bonchev–Trinajstić information content (AvgIpc) is 2.21. The molecule has 0 aliphatic carbocycles. The maximum atomic E-state index is 11.3. The number of amides is 1. The molecule has 0 aliphatic rings. The van der Waals surface area contributed by atoms with Crippen LogP contribution in [0.4, 0.5) is 0 Å². The average molecular weight is 209 g/mol. The van der Waals surface area contributed by atoms with Crippen molar-refractivity contribution in [2.24, 2.45) is 0 Å². The van der Waals surface area contributed by atoms with Crippen molar-refractivity contribution in [3.63, 3.8) is 0 Å². The smallest absolute Gasteiger partial charge is 0.224 e. The second kappa shape index (κ2) is 5.24. The standard InChI is InChI=1S/C11H15NO3/c1-3-12-11(14)7-8-4-5-9(13)10(6-8)15-2/h4-6,13H,3,7H2,1-2H3,(H,12,14). The van der Waals surface area contributed by atoms with Crippen LogP contribution in [-0.4, -0.2) is 24.7 Å². The highest BCUT2D eigenvalue weighted by Gasteiger charge is 2.06. The van der Waals surface area contributed by atoms with Crippen LogP contribution in [0, 0.1) is 0 Å². The first-order valence-electron chi connectivity index (χ1n) is 4.80. The number of likely N-dealkylation sites (N-methyl/N-ethyl adjacent to an activating group) is 1. The SMILES string of the molecule is CCNC(=O)Cc1ccc(O)c(OC)c1. The predicted molar refractivity (Wildman–Crippen MR) is 57.0 cm³/mol. The first-order valence-corrected chi connectivity index (χ1v) is 4.80. The third kappa shape index (κ3) is 3.16. The molecule has 4 heteroatoms. The fourth-order valence-electron chi connectivity index (χ4n) is 1.28. The van der Waals surface area contributed by atoms with E-state index in [1.807, 2.05) is 6.92 Å². The highest BCUT2D eigenvalue weighted by atomic mass is 16.5. The van der Waals surface area contributed by atoms with Gasteiger partial charge >= 0.3 is 0 Å². The maximum Gasteiger partial charge on any atom is 0.224 e. The molecule has 15 heavy (non-hydrogen) atoms. The number of phenols is 1. The number of carbonyl (C=O) groups is 1. The fourth-order valence-corrected chi connectivity index (χ4v) is 1.28. The van der Waals surface area contributed by atoms with E-state index < -0.39 is 0 Å². The molecule has 4 nitrogen and oxygen atoms in total. The molecule has 0 radical (unpaired) electrons. The van der Waals surface area contributed by atoms with E-state index in [2.05, 4.69) is 5.32 Å². The Morgan fingerprint density at radius 3 is 2.87 bits per heavy atom. The molecule has 0 fully saturated rings. The van der Waals surface area contributed by atoms with Gasteiger partial charge in [0.15, 0.2) is 11.5 Å². The number of methoxy groups -OCH3 is 1. The molecule has 0 saturated heterocycles. The van der Waals surface area contributed by atoms with Crippen molar-refractivity contribution in [2.45, 2.75) is 13.3 Å². The van der Waals surface area contributed by atoms with Crippen LogP contribution >= 0.6 is 0 Å². The number of ether oxygens (including phenoxy) is 1. The second-order valence-electron chi connectivity index (χ2n) is 3.14. The molecule has 0 aromatic heterocycles. The monoisotopic (exact) mass is 209 g/mol. The van der Waals surface area contributed by atoms with Crippen LogP contribution in [0.5, 0.6) is 11.5 Å². The van der Waals surface area contributed by atoms with Crippen LogP contribution in [0.1, 0.15) is 12.5 Å². The predicted octanol–water partition coefficient (Wildman–Crippen LogP) is 1.08. The van der Waals surface area contributed by atoms with E-state index in [0.717, 1.165) is 5.56 Å². The number of rotatable bonds is 4. The lowest BCUT2D eigenvalue weighted by Crippen LogP contribution is -2.24. The summed E-state index contributed by atoms with van der Waals surface area (Å²) in [7, 11) is 1.48. The summed E-state index contributed by atoms with van der Waals surface area (Å²) >= 11 is 0. The number of benzene rings is 1. The van der Waals surface area contributed by atoms with E-state index in [1.165, 1.54) is 13.2 Å². The third-order valence-corrected chi connectivity index (χ3v) is 1.98. The summed E-state index contributed by atoms with van der Waals surface area (Å²) in [5.41, 5.74) is 0.815. The zero-order chi connectivity index (χ0) is 11.3. The molecule has 0 bridgehead atoms. The molecule has 2 N–H and O–H groups in total. The Morgan fingerprint density at radius 2 is 2.27 bits per heavy atom. The van der Waals surface area contributed by atoms with Crippen LogP contribution in [0.15, 0.2) is 18.2 Å². The molecule has 0 heterocycles. The minimum atomic E-state index is -0.0368. The molecule has 0 aliphatic heterocycles. The first kappa shape index (κ1) is 11.4. The lowest BCUT2D eigenvalue weighted by Gasteiger charge is -2.06. The Bertz CT molecular complexity index is 350. The summed E-state index contributed by atoms with van der Waals surface area (Å²) in [4.78, 5) is 11.3. The maximum absolute atomic E-state index is 11.3. The second-order valence-corrected chi connectivity index (χ2v) is 3.14. The number of nitrogens with one attached hydrogen (secondary N) is 1. The van der Waals surface area contributed by atoms with Gasteiger partial charge in [0, 0.05) is 6.54 Å². The Hall–Kier alpha value is -1.71. The van der Waals surface area contributed by atoms with E-state index in [1.54, 1.807) is 12.1 Å². The highest BCUT2D eigenvalue weighted by molar-refractivity contribution is 5.78. The van der Waals surface area contributed by atoms with E-state index in [4.69, 9.17) is 4.74 Å². The van der Waals surface area contributed by atoms with Crippen LogP contribution in [0.2, 0.25) is 0 Å². The lowest BCUT2D eigenvalue weighted by molar-refractivity contribution is -0.120. The number of carbonyl (C=O) groups excluding carboxylic acids is 1. The van der Waals surface area contributed by atoms with Crippen LogP contribution in [-0.2, 0) is 11.2 Å². The molecule has 1 amide bonds. The van der Waals surface area contributed by atoms with Gasteiger partial charge in [-0.15, -0.1) is 0 Å². The van der Waals surface area contributed by atoms with E-state index in [0.29, 0.717) is 18.7 Å². The van der Waals surface area contributed by atoms with E-state index in [9.17, 15) is 9.90 Å². The summed E-state index contributed by atoms with van der Waals surface area (Å²) < 4.78 is 4.95. The number of hydrogen-bond acceptors (Lipinski definition) is 3. The molecule has 0 saturated carbocycles.